The summed E-state index contributed by atoms with van der Waals surface area (Å²) in [6, 6.07) is 15.8. The number of aromatic nitrogens is 3. The second-order valence-electron chi connectivity index (χ2n) is 6.03. The molecule has 0 saturated carbocycles. The van der Waals surface area contributed by atoms with Crippen molar-refractivity contribution in [1.29, 1.82) is 0 Å². The van der Waals surface area contributed by atoms with Gasteiger partial charge in [-0.05, 0) is 36.2 Å². The van der Waals surface area contributed by atoms with E-state index >= 15 is 0 Å². The number of nitrogens with zero attached hydrogens (tertiary/aromatic N) is 3. The molecule has 1 unspecified atom stereocenters. The predicted octanol–water partition coefficient (Wildman–Crippen LogP) is 3.69. The van der Waals surface area contributed by atoms with Crippen LogP contribution in [0.3, 0.4) is 0 Å². The lowest BCUT2D eigenvalue weighted by atomic mass is 9.94. The Hall–Kier alpha value is -2.47. The maximum absolute atomic E-state index is 12.7. The number of rotatable bonds is 7. The molecule has 0 spiro atoms. The molecule has 0 fully saturated rings. The highest BCUT2D eigenvalue weighted by Gasteiger charge is 2.18. The first kappa shape index (κ1) is 17.4. The van der Waals surface area contributed by atoms with Crippen LogP contribution in [0.1, 0.15) is 31.2 Å². The minimum Gasteiger partial charge on any atom is -0.320 e. The summed E-state index contributed by atoms with van der Waals surface area (Å²) in [5.41, 5.74) is 1.13. The Bertz CT molecular complexity index is 890. The van der Waals surface area contributed by atoms with Gasteiger partial charge in [0.25, 0.3) is 0 Å². The standard InChI is InChI=1S/C19H21N3O2S/c1-2-6-17(13-22-14-20-21-15-22)16-9-11-19(12-10-16)25(23,24)18-7-4-3-5-8-18/h3-5,7-12,14-15,17H,2,6,13H2,1H3. The van der Waals surface area contributed by atoms with E-state index < -0.39 is 9.84 Å². The lowest BCUT2D eigenvalue weighted by Gasteiger charge is -2.17. The first-order chi connectivity index (χ1) is 12.1. The van der Waals surface area contributed by atoms with Crippen molar-refractivity contribution in [3.8, 4) is 0 Å². The molecule has 0 amide bonds. The largest absolute Gasteiger partial charge is 0.320 e. The first-order valence-electron chi connectivity index (χ1n) is 8.33. The number of sulfone groups is 1. The van der Waals surface area contributed by atoms with Gasteiger partial charge in [0.05, 0.1) is 9.79 Å². The van der Waals surface area contributed by atoms with Crippen molar-refractivity contribution in [2.45, 2.75) is 42.0 Å². The van der Waals surface area contributed by atoms with Crippen LogP contribution in [0.2, 0.25) is 0 Å². The summed E-state index contributed by atoms with van der Waals surface area (Å²) >= 11 is 0. The maximum atomic E-state index is 12.7. The van der Waals surface area contributed by atoms with Crippen LogP contribution in [0.15, 0.2) is 77.0 Å². The lowest BCUT2D eigenvalue weighted by Crippen LogP contribution is -2.09. The van der Waals surface area contributed by atoms with Gasteiger partial charge in [0, 0.05) is 12.5 Å². The van der Waals surface area contributed by atoms with Gasteiger partial charge in [-0.25, -0.2) is 8.42 Å². The quantitative estimate of drug-likeness (QED) is 0.648. The normalized spacial score (nSPS) is 12.8. The van der Waals surface area contributed by atoms with Crippen molar-refractivity contribution in [3.63, 3.8) is 0 Å². The highest BCUT2D eigenvalue weighted by Crippen LogP contribution is 2.26. The Kier molecular flexibility index (Phi) is 5.28. The van der Waals surface area contributed by atoms with Gasteiger partial charge in [-0.15, -0.1) is 10.2 Å². The van der Waals surface area contributed by atoms with Crippen LogP contribution in [0, 0.1) is 0 Å². The summed E-state index contributed by atoms with van der Waals surface area (Å²) in [7, 11) is -3.47. The SMILES string of the molecule is CCCC(Cn1cnnc1)c1ccc(S(=O)(=O)c2ccccc2)cc1. The molecule has 0 bridgehead atoms. The van der Waals surface area contributed by atoms with E-state index in [1.807, 2.05) is 22.8 Å². The van der Waals surface area contributed by atoms with Crippen LogP contribution in [0.25, 0.3) is 0 Å². The third-order valence-corrected chi connectivity index (χ3v) is 6.04. The molecule has 3 rings (SSSR count). The van der Waals surface area contributed by atoms with Gasteiger partial charge in [-0.1, -0.05) is 43.7 Å². The maximum Gasteiger partial charge on any atom is 0.206 e. The van der Waals surface area contributed by atoms with Crippen molar-refractivity contribution in [1.82, 2.24) is 14.8 Å². The molecule has 3 aromatic rings. The number of benzene rings is 2. The van der Waals surface area contributed by atoms with Gasteiger partial charge in [-0.2, -0.15) is 0 Å². The van der Waals surface area contributed by atoms with E-state index in [4.69, 9.17) is 0 Å². The molecule has 2 aromatic carbocycles. The molecule has 1 aromatic heterocycles. The topological polar surface area (TPSA) is 64.8 Å². The van der Waals surface area contributed by atoms with Gasteiger partial charge in [0.1, 0.15) is 12.7 Å². The zero-order valence-corrected chi connectivity index (χ0v) is 14.9. The van der Waals surface area contributed by atoms with E-state index in [2.05, 4.69) is 17.1 Å². The molecule has 0 saturated heterocycles. The summed E-state index contributed by atoms with van der Waals surface area (Å²) in [6.45, 7) is 2.93. The fourth-order valence-corrected chi connectivity index (χ4v) is 4.22. The summed E-state index contributed by atoms with van der Waals surface area (Å²) < 4.78 is 27.3. The molecular formula is C19H21N3O2S. The van der Waals surface area contributed by atoms with Crippen LogP contribution in [0.5, 0.6) is 0 Å². The average Bonchev–Trinajstić information content (AvgIpc) is 3.15. The van der Waals surface area contributed by atoms with Crippen molar-refractivity contribution < 1.29 is 8.42 Å². The second-order valence-corrected chi connectivity index (χ2v) is 7.98. The number of hydrogen-bond acceptors (Lipinski definition) is 4. The van der Waals surface area contributed by atoms with Crippen LogP contribution in [-0.4, -0.2) is 23.2 Å². The Labute approximate surface area is 148 Å². The van der Waals surface area contributed by atoms with Gasteiger partial charge < -0.3 is 4.57 Å². The molecule has 1 atom stereocenters. The van der Waals surface area contributed by atoms with Crippen molar-refractivity contribution in [2.24, 2.45) is 0 Å². The molecule has 5 nitrogen and oxygen atoms in total. The molecule has 0 aliphatic carbocycles. The van der Waals surface area contributed by atoms with Crippen molar-refractivity contribution >= 4 is 9.84 Å². The third kappa shape index (κ3) is 3.96. The Balaban J connectivity index is 1.85. The smallest absolute Gasteiger partial charge is 0.206 e. The zero-order chi connectivity index (χ0) is 17.7. The minimum atomic E-state index is -3.47. The third-order valence-electron chi connectivity index (χ3n) is 4.25. The lowest BCUT2D eigenvalue weighted by molar-refractivity contribution is 0.517. The molecule has 130 valence electrons. The molecule has 6 heteroatoms. The zero-order valence-electron chi connectivity index (χ0n) is 14.1. The fraction of sp³-hybridized carbons (Fsp3) is 0.263. The summed E-state index contributed by atoms with van der Waals surface area (Å²) in [5, 5.41) is 7.69. The van der Waals surface area contributed by atoms with E-state index in [9.17, 15) is 8.42 Å². The Morgan fingerprint density at radius 3 is 2.12 bits per heavy atom. The summed E-state index contributed by atoms with van der Waals surface area (Å²) in [5.74, 6) is 0.300. The van der Waals surface area contributed by atoms with E-state index in [1.165, 1.54) is 0 Å². The fourth-order valence-electron chi connectivity index (χ4n) is 2.94. The molecule has 0 aliphatic heterocycles. The predicted molar refractivity (Wildman–Crippen MR) is 96.0 cm³/mol. The number of hydrogen-bond donors (Lipinski definition) is 0. The van der Waals surface area contributed by atoms with Gasteiger partial charge in [0.15, 0.2) is 0 Å². The second kappa shape index (κ2) is 7.61. The summed E-state index contributed by atoms with van der Waals surface area (Å²) in [6.07, 6.45) is 5.48. The van der Waals surface area contributed by atoms with Crippen molar-refractivity contribution in [2.75, 3.05) is 0 Å². The van der Waals surface area contributed by atoms with Crippen LogP contribution in [-0.2, 0) is 16.4 Å². The summed E-state index contributed by atoms with van der Waals surface area (Å²) in [4.78, 5) is 0.638. The van der Waals surface area contributed by atoms with E-state index in [0.29, 0.717) is 15.7 Å². The monoisotopic (exact) mass is 355 g/mol. The van der Waals surface area contributed by atoms with Crippen LogP contribution < -0.4 is 0 Å². The highest BCUT2D eigenvalue weighted by molar-refractivity contribution is 7.91. The van der Waals surface area contributed by atoms with Crippen molar-refractivity contribution in [3.05, 3.63) is 72.8 Å². The molecule has 0 N–H and O–H groups in total. The van der Waals surface area contributed by atoms with Crippen LogP contribution >= 0.6 is 0 Å². The minimum absolute atomic E-state index is 0.300. The van der Waals surface area contributed by atoms with Gasteiger partial charge in [0.2, 0.25) is 9.84 Å². The van der Waals surface area contributed by atoms with Gasteiger partial charge >= 0.3 is 0 Å². The highest BCUT2D eigenvalue weighted by atomic mass is 32.2. The van der Waals surface area contributed by atoms with E-state index in [0.717, 1.165) is 24.9 Å². The molecule has 25 heavy (non-hydrogen) atoms. The average molecular weight is 355 g/mol. The first-order valence-corrected chi connectivity index (χ1v) is 9.82. The van der Waals surface area contributed by atoms with E-state index in [1.54, 1.807) is 49.1 Å². The van der Waals surface area contributed by atoms with E-state index in [-0.39, 0.29) is 0 Å². The Morgan fingerprint density at radius 1 is 0.920 bits per heavy atom. The Morgan fingerprint density at radius 2 is 1.52 bits per heavy atom. The molecule has 0 radical (unpaired) electrons. The molecule has 0 aliphatic rings. The molecular weight excluding hydrogens is 334 g/mol. The van der Waals surface area contributed by atoms with Crippen LogP contribution in [0.4, 0.5) is 0 Å². The molecule has 1 heterocycles. The van der Waals surface area contributed by atoms with Gasteiger partial charge in [-0.3, -0.25) is 0 Å².